The van der Waals surface area contributed by atoms with E-state index in [1.54, 1.807) is 24.3 Å². The highest BCUT2D eigenvalue weighted by Gasteiger charge is 2.26. The molecule has 0 aliphatic rings. The van der Waals surface area contributed by atoms with Crippen molar-refractivity contribution in [2.45, 2.75) is 32.0 Å². The predicted octanol–water partition coefficient (Wildman–Crippen LogP) is 0.795. The molecule has 2 atom stereocenters. The largest absolute Gasteiger partial charge is 0.445 e. The number of carbonyl (C=O) groups is 3. The van der Waals surface area contributed by atoms with Gasteiger partial charge in [0.2, 0.25) is 11.8 Å². The van der Waals surface area contributed by atoms with Crippen LogP contribution in [0.2, 0.25) is 0 Å². The number of rotatable bonds is 9. The van der Waals surface area contributed by atoms with Crippen LogP contribution in [0.25, 0.3) is 0 Å². The van der Waals surface area contributed by atoms with E-state index in [0.717, 1.165) is 16.7 Å². The van der Waals surface area contributed by atoms with Gasteiger partial charge in [0.15, 0.2) is 0 Å². The zero-order valence-electron chi connectivity index (χ0n) is 16.1. The van der Waals surface area contributed by atoms with E-state index < -0.39 is 36.6 Å². The van der Waals surface area contributed by atoms with Crippen LogP contribution < -0.4 is 16.4 Å². The number of primary amides is 1. The summed E-state index contributed by atoms with van der Waals surface area (Å²) in [6.07, 6.45) is -0.665. The van der Waals surface area contributed by atoms with E-state index in [9.17, 15) is 19.5 Å². The van der Waals surface area contributed by atoms with Crippen molar-refractivity contribution in [2.24, 2.45) is 5.73 Å². The van der Waals surface area contributed by atoms with Crippen LogP contribution in [0.5, 0.6) is 0 Å². The van der Waals surface area contributed by atoms with Gasteiger partial charge in [0.25, 0.3) is 0 Å². The van der Waals surface area contributed by atoms with Gasteiger partial charge in [-0.15, -0.1) is 0 Å². The number of ether oxygens (including phenoxy) is 1. The number of aliphatic hydroxyl groups is 1. The zero-order valence-corrected chi connectivity index (χ0v) is 16.1. The molecule has 0 aromatic heterocycles. The highest BCUT2D eigenvalue weighted by Crippen LogP contribution is 2.10. The highest BCUT2D eigenvalue weighted by atomic mass is 16.5. The number of nitrogens with one attached hydrogen (secondary N) is 2. The Balaban J connectivity index is 1.93. The monoisotopic (exact) mass is 399 g/mol. The molecule has 29 heavy (non-hydrogen) atoms. The number of amides is 3. The Morgan fingerprint density at radius 2 is 1.66 bits per heavy atom. The van der Waals surface area contributed by atoms with Gasteiger partial charge in [-0.1, -0.05) is 54.6 Å². The average molecular weight is 399 g/mol. The number of nitrogens with two attached hydrogens (primary N) is 1. The number of alkyl carbamates (subject to hydrolysis) is 1. The van der Waals surface area contributed by atoms with Crippen LogP contribution in [-0.2, 0) is 27.4 Å². The summed E-state index contributed by atoms with van der Waals surface area (Å²) in [5.41, 5.74) is 7.99. The second-order valence-electron chi connectivity index (χ2n) is 6.54. The summed E-state index contributed by atoms with van der Waals surface area (Å²) >= 11 is 0. The molecule has 0 bridgehead atoms. The van der Waals surface area contributed by atoms with Crippen molar-refractivity contribution in [3.8, 4) is 0 Å². The van der Waals surface area contributed by atoms with Crippen molar-refractivity contribution in [3.63, 3.8) is 0 Å². The Bertz CT molecular complexity index is 841. The summed E-state index contributed by atoms with van der Waals surface area (Å²) < 4.78 is 5.04. The Morgan fingerprint density at radius 3 is 2.28 bits per heavy atom. The van der Waals surface area contributed by atoms with Crippen LogP contribution in [0.4, 0.5) is 4.79 Å². The predicted molar refractivity (Wildman–Crippen MR) is 107 cm³/mol. The maximum atomic E-state index is 12.4. The van der Waals surface area contributed by atoms with Crippen molar-refractivity contribution in [2.75, 3.05) is 6.61 Å². The molecule has 8 heteroatoms. The van der Waals surface area contributed by atoms with Gasteiger partial charge in [-0.3, -0.25) is 9.59 Å². The Hall–Kier alpha value is -3.39. The fourth-order valence-corrected chi connectivity index (χ4v) is 2.66. The molecule has 0 aliphatic carbocycles. The molecule has 3 amide bonds. The minimum absolute atomic E-state index is 0.0175. The second-order valence-corrected chi connectivity index (χ2v) is 6.54. The smallest absolute Gasteiger partial charge is 0.408 e. The molecule has 0 spiro atoms. The van der Waals surface area contributed by atoms with E-state index in [1.165, 1.54) is 0 Å². The Kier molecular flexibility index (Phi) is 8.17. The van der Waals surface area contributed by atoms with Gasteiger partial charge >= 0.3 is 6.09 Å². The summed E-state index contributed by atoms with van der Waals surface area (Å²) in [5.74, 6) is -1.45. The number of benzene rings is 2. The molecule has 2 aromatic rings. The molecule has 0 saturated heterocycles. The third-order valence-corrected chi connectivity index (χ3v) is 4.35. The number of carbonyl (C=O) groups excluding carboxylic acids is 3. The minimum Gasteiger partial charge on any atom is -0.445 e. The first-order chi connectivity index (χ1) is 13.9. The first kappa shape index (κ1) is 21.9. The molecule has 2 aromatic carbocycles. The van der Waals surface area contributed by atoms with Gasteiger partial charge in [0.05, 0.1) is 6.61 Å². The number of hydrogen-bond donors (Lipinski definition) is 4. The zero-order chi connectivity index (χ0) is 21.2. The van der Waals surface area contributed by atoms with Crippen LogP contribution in [0, 0.1) is 6.92 Å². The molecule has 5 N–H and O–H groups in total. The van der Waals surface area contributed by atoms with E-state index in [1.807, 2.05) is 37.3 Å². The number of aryl methyl sites for hydroxylation is 1. The molecule has 8 nitrogen and oxygen atoms in total. The molecule has 0 saturated carbocycles. The lowest BCUT2D eigenvalue weighted by atomic mass is 10.0. The van der Waals surface area contributed by atoms with E-state index in [2.05, 4.69) is 10.6 Å². The third-order valence-electron chi connectivity index (χ3n) is 4.35. The lowest BCUT2D eigenvalue weighted by molar-refractivity contribution is -0.129. The van der Waals surface area contributed by atoms with Crippen LogP contribution in [0.15, 0.2) is 54.6 Å². The topological polar surface area (TPSA) is 131 Å². The number of aliphatic hydroxyl groups excluding tert-OH is 1. The molecule has 0 fully saturated rings. The summed E-state index contributed by atoms with van der Waals surface area (Å²) in [5, 5.41) is 14.2. The highest BCUT2D eigenvalue weighted by molar-refractivity contribution is 5.91. The van der Waals surface area contributed by atoms with Crippen LogP contribution >= 0.6 is 0 Å². The van der Waals surface area contributed by atoms with Crippen LogP contribution in [-0.4, -0.2) is 41.7 Å². The first-order valence-electron chi connectivity index (χ1n) is 9.13. The normalized spacial score (nSPS) is 12.5. The molecular formula is C21H25N3O5. The lowest BCUT2D eigenvalue weighted by Gasteiger charge is -2.21. The summed E-state index contributed by atoms with van der Waals surface area (Å²) in [6, 6.07) is 14.2. The molecule has 0 radical (unpaired) electrons. The van der Waals surface area contributed by atoms with Gasteiger partial charge in [0, 0.05) is 6.42 Å². The lowest BCUT2D eigenvalue weighted by Crippen LogP contribution is -2.55. The molecular weight excluding hydrogens is 374 g/mol. The summed E-state index contributed by atoms with van der Waals surface area (Å²) in [4.78, 5) is 36.1. The maximum absolute atomic E-state index is 12.4. The second kappa shape index (κ2) is 10.8. The Morgan fingerprint density at radius 1 is 1.00 bits per heavy atom. The number of hydrogen-bond acceptors (Lipinski definition) is 5. The quantitative estimate of drug-likeness (QED) is 0.495. The molecule has 154 valence electrons. The van der Waals surface area contributed by atoms with E-state index >= 15 is 0 Å². The molecule has 0 aliphatic heterocycles. The van der Waals surface area contributed by atoms with Crippen molar-refractivity contribution < 1.29 is 24.2 Å². The summed E-state index contributed by atoms with van der Waals surface area (Å²) in [7, 11) is 0. The van der Waals surface area contributed by atoms with Gasteiger partial charge in [0.1, 0.15) is 18.7 Å². The summed E-state index contributed by atoms with van der Waals surface area (Å²) in [6.45, 7) is 1.24. The van der Waals surface area contributed by atoms with Crippen molar-refractivity contribution in [1.82, 2.24) is 10.6 Å². The van der Waals surface area contributed by atoms with Crippen LogP contribution in [0.3, 0.4) is 0 Å². The average Bonchev–Trinajstić information content (AvgIpc) is 2.72. The fourth-order valence-electron chi connectivity index (χ4n) is 2.66. The Labute approximate surface area is 169 Å². The van der Waals surface area contributed by atoms with E-state index in [4.69, 9.17) is 10.5 Å². The van der Waals surface area contributed by atoms with Gasteiger partial charge in [-0.25, -0.2) is 4.79 Å². The van der Waals surface area contributed by atoms with Gasteiger partial charge in [-0.2, -0.15) is 0 Å². The van der Waals surface area contributed by atoms with Crippen LogP contribution in [0.1, 0.15) is 16.7 Å². The standard InChI is InChI=1S/C21H25N3O5/c1-14-7-5-6-10-16(14)11-17(19(22)26)23-20(27)18(12-25)24-21(28)29-13-15-8-3-2-4-9-15/h2-10,17-18,25H,11-13H2,1H3,(H2,22,26)(H,23,27)(H,24,28)/t17-,18-/m0/s1. The molecule has 2 rings (SSSR count). The van der Waals surface area contributed by atoms with E-state index in [-0.39, 0.29) is 13.0 Å². The van der Waals surface area contributed by atoms with Crippen molar-refractivity contribution in [3.05, 3.63) is 71.3 Å². The first-order valence-corrected chi connectivity index (χ1v) is 9.13. The molecule has 0 heterocycles. The fraction of sp³-hybridized carbons (Fsp3) is 0.286. The van der Waals surface area contributed by atoms with Crippen molar-refractivity contribution in [1.29, 1.82) is 0 Å². The minimum atomic E-state index is -1.28. The molecule has 0 unspecified atom stereocenters. The maximum Gasteiger partial charge on any atom is 0.408 e. The van der Waals surface area contributed by atoms with Gasteiger partial charge in [-0.05, 0) is 23.6 Å². The third kappa shape index (κ3) is 6.93. The van der Waals surface area contributed by atoms with Gasteiger partial charge < -0.3 is 26.2 Å². The van der Waals surface area contributed by atoms with E-state index in [0.29, 0.717) is 0 Å². The van der Waals surface area contributed by atoms with Crippen molar-refractivity contribution >= 4 is 17.9 Å². The SMILES string of the molecule is Cc1ccccc1C[C@H](NC(=O)[C@H](CO)NC(=O)OCc1ccccc1)C(N)=O.